The first-order valence-electron chi connectivity index (χ1n) is 7.83. The van der Waals surface area contributed by atoms with Crippen molar-refractivity contribution < 1.29 is 13.7 Å². The number of pyridine rings is 1. The summed E-state index contributed by atoms with van der Waals surface area (Å²) >= 11 is 1.47. The van der Waals surface area contributed by atoms with Crippen LogP contribution in [0.2, 0.25) is 0 Å². The Morgan fingerprint density at radius 3 is 2.76 bits per heavy atom. The highest BCUT2D eigenvalue weighted by molar-refractivity contribution is 7.98. The molecule has 0 saturated heterocycles. The van der Waals surface area contributed by atoms with Crippen molar-refractivity contribution in [3.63, 3.8) is 0 Å². The highest BCUT2D eigenvalue weighted by atomic mass is 32.2. The SMILES string of the molecule is Cc1cc(CSc2ncccc2C(=O)N(C)Cc2ccc(C)o2)no1. The molecule has 3 rings (SSSR count). The molecular formula is C18H19N3O3S. The minimum atomic E-state index is -0.0963. The van der Waals surface area contributed by atoms with Crippen LogP contribution in [0.4, 0.5) is 0 Å². The molecular weight excluding hydrogens is 338 g/mol. The van der Waals surface area contributed by atoms with Crippen LogP contribution in [0.15, 0.2) is 50.5 Å². The number of hydrogen-bond donors (Lipinski definition) is 0. The molecule has 0 fully saturated rings. The number of amides is 1. The Kier molecular flexibility index (Phi) is 5.23. The average molecular weight is 357 g/mol. The van der Waals surface area contributed by atoms with E-state index in [2.05, 4.69) is 10.1 Å². The molecule has 130 valence electrons. The first-order valence-corrected chi connectivity index (χ1v) is 8.82. The summed E-state index contributed by atoms with van der Waals surface area (Å²) in [5.41, 5.74) is 1.39. The van der Waals surface area contributed by atoms with Gasteiger partial charge < -0.3 is 13.8 Å². The number of carbonyl (C=O) groups is 1. The summed E-state index contributed by atoms with van der Waals surface area (Å²) in [6, 6.07) is 9.20. The van der Waals surface area contributed by atoms with Crippen LogP contribution in [0, 0.1) is 13.8 Å². The predicted molar refractivity (Wildman–Crippen MR) is 94.3 cm³/mol. The van der Waals surface area contributed by atoms with E-state index in [4.69, 9.17) is 8.94 Å². The van der Waals surface area contributed by atoms with E-state index in [9.17, 15) is 4.79 Å². The quantitative estimate of drug-likeness (QED) is 0.624. The van der Waals surface area contributed by atoms with Gasteiger partial charge in [0.25, 0.3) is 5.91 Å². The zero-order valence-corrected chi connectivity index (χ0v) is 15.2. The van der Waals surface area contributed by atoms with E-state index < -0.39 is 0 Å². The highest BCUT2D eigenvalue weighted by Gasteiger charge is 2.18. The van der Waals surface area contributed by atoms with E-state index in [1.165, 1.54) is 11.8 Å². The van der Waals surface area contributed by atoms with Crippen LogP contribution in [0.3, 0.4) is 0 Å². The van der Waals surface area contributed by atoms with Gasteiger partial charge in [0.2, 0.25) is 0 Å². The minimum absolute atomic E-state index is 0.0963. The zero-order chi connectivity index (χ0) is 17.8. The molecule has 0 aliphatic carbocycles. The van der Waals surface area contributed by atoms with Gasteiger partial charge in [-0.15, -0.1) is 0 Å². The summed E-state index contributed by atoms with van der Waals surface area (Å²) in [4.78, 5) is 18.8. The first kappa shape index (κ1) is 17.3. The Bertz CT molecular complexity index is 872. The van der Waals surface area contributed by atoms with Gasteiger partial charge in [-0.2, -0.15) is 0 Å². The maximum Gasteiger partial charge on any atom is 0.256 e. The van der Waals surface area contributed by atoms with E-state index in [1.54, 1.807) is 30.3 Å². The molecule has 3 aromatic rings. The summed E-state index contributed by atoms with van der Waals surface area (Å²) in [7, 11) is 1.75. The zero-order valence-electron chi connectivity index (χ0n) is 14.4. The third-order valence-corrected chi connectivity index (χ3v) is 4.61. The molecule has 0 aliphatic rings. The number of carbonyl (C=O) groups excluding carboxylic acids is 1. The van der Waals surface area contributed by atoms with Gasteiger partial charge in [-0.05, 0) is 38.1 Å². The predicted octanol–water partition coefficient (Wildman–Crippen LogP) is 3.84. The van der Waals surface area contributed by atoms with Gasteiger partial charge in [-0.1, -0.05) is 16.9 Å². The summed E-state index contributed by atoms with van der Waals surface area (Å²) in [6.07, 6.45) is 1.68. The standard InChI is InChI=1S/C18H19N3O3S/c1-12-6-7-15(23-12)10-21(3)18(22)16-5-4-8-19-17(16)25-11-14-9-13(2)24-20-14/h4-9H,10-11H2,1-3H3. The lowest BCUT2D eigenvalue weighted by atomic mass is 10.2. The molecule has 0 atom stereocenters. The molecule has 0 N–H and O–H groups in total. The fraction of sp³-hybridized carbons (Fsp3) is 0.278. The molecule has 0 spiro atoms. The maximum absolute atomic E-state index is 12.8. The van der Waals surface area contributed by atoms with Gasteiger partial charge in [0, 0.05) is 25.1 Å². The molecule has 25 heavy (non-hydrogen) atoms. The van der Waals surface area contributed by atoms with Crippen LogP contribution in [0.1, 0.15) is 33.3 Å². The van der Waals surface area contributed by atoms with E-state index in [0.717, 1.165) is 23.0 Å². The van der Waals surface area contributed by atoms with Gasteiger partial charge in [0.15, 0.2) is 0 Å². The fourth-order valence-electron chi connectivity index (χ4n) is 2.38. The average Bonchev–Trinajstić information content (AvgIpc) is 3.20. The molecule has 0 saturated carbocycles. The Balaban J connectivity index is 1.71. The second-order valence-corrected chi connectivity index (χ2v) is 6.71. The topological polar surface area (TPSA) is 72.4 Å². The van der Waals surface area contributed by atoms with Crippen LogP contribution >= 0.6 is 11.8 Å². The molecule has 0 radical (unpaired) electrons. The molecule has 7 heteroatoms. The minimum Gasteiger partial charge on any atom is -0.464 e. The molecule has 0 unspecified atom stereocenters. The van der Waals surface area contributed by atoms with Crippen LogP contribution in [-0.2, 0) is 12.3 Å². The Morgan fingerprint density at radius 2 is 2.08 bits per heavy atom. The van der Waals surface area contributed by atoms with E-state index in [-0.39, 0.29) is 5.91 Å². The molecule has 0 aromatic carbocycles. The van der Waals surface area contributed by atoms with Crippen molar-refractivity contribution >= 4 is 17.7 Å². The second-order valence-electron chi connectivity index (χ2n) is 5.75. The van der Waals surface area contributed by atoms with Gasteiger partial charge >= 0.3 is 0 Å². The van der Waals surface area contributed by atoms with Gasteiger partial charge in [0.1, 0.15) is 22.3 Å². The number of furan rings is 1. The third kappa shape index (κ3) is 4.30. The Hall–Kier alpha value is -2.54. The normalized spacial score (nSPS) is 10.8. The highest BCUT2D eigenvalue weighted by Crippen LogP contribution is 2.25. The van der Waals surface area contributed by atoms with E-state index >= 15 is 0 Å². The van der Waals surface area contributed by atoms with E-state index in [0.29, 0.717) is 22.9 Å². The Labute approximate surface area is 150 Å². The largest absolute Gasteiger partial charge is 0.464 e. The van der Waals surface area contributed by atoms with Crippen LogP contribution in [0.5, 0.6) is 0 Å². The summed E-state index contributed by atoms with van der Waals surface area (Å²) in [6.45, 7) is 4.14. The van der Waals surface area contributed by atoms with Crippen molar-refractivity contribution in [1.82, 2.24) is 15.0 Å². The molecule has 3 aromatic heterocycles. The molecule has 0 aliphatic heterocycles. The number of nitrogens with zero attached hydrogens (tertiary/aromatic N) is 3. The summed E-state index contributed by atoms with van der Waals surface area (Å²) in [5, 5.41) is 4.64. The number of hydrogen-bond acceptors (Lipinski definition) is 6. The lowest BCUT2D eigenvalue weighted by molar-refractivity contribution is 0.0770. The van der Waals surface area contributed by atoms with Crippen LogP contribution < -0.4 is 0 Å². The maximum atomic E-state index is 12.8. The molecule has 0 bridgehead atoms. The summed E-state index contributed by atoms with van der Waals surface area (Å²) in [5.74, 6) is 2.85. The summed E-state index contributed by atoms with van der Waals surface area (Å²) < 4.78 is 10.6. The number of thioether (sulfide) groups is 1. The number of aromatic nitrogens is 2. The second kappa shape index (κ2) is 7.57. The molecule has 1 amide bonds. The van der Waals surface area contributed by atoms with Crippen LogP contribution in [-0.4, -0.2) is 28.0 Å². The lowest BCUT2D eigenvalue weighted by Crippen LogP contribution is -2.26. The third-order valence-electron chi connectivity index (χ3n) is 3.57. The van der Waals surface area contributed by atoms with Gasteiger partial charge in [-0.25, -0.2) is 4.98 Å². The van der Waals surface area contributed by atoms with Crippen molar-refractivity contribution in [3.8, 4) is 0 Å². The van der Waals surface area contributed by atoms with Crippen molar-refractivity contribution in [2.45, 2.75) is 31.2 Å². The van der Waals surface area contributed by atoms with Gasteiger partial charge in [-0.3, -0.25) is 4.79 Å². The Morgan fingerprint density at radius 1 is 1.24 bits per heavy atom. The van der Waals surface area contributed by atoms with Crippen molar-refractivity contribution in [2.75, 3.05) is 7.05 Å². The van der Waals surface area contributed by atoms with Crippen LogP contribution in [0.25, 0.3) is 0 Å². The van der Waals surface area contributed by atoms with Crippen molar-refractivity contribution in [2.24, 2.45) is 0 Å². The lowest BCUT2D eigenvalue weighted by Gasteiger charge is -2.17. The van der Waals surface area contributed by atoms with E-state index in [1.807, 2.05) is 32.0 Å². The fourth-order valence-corrected chi connectivity index (χ4v) is 3.25. The first-order chi connectivity index (χ1) is 12.0. The van der Waals surface area contributed by atoms with Gasteiger partial charge in [0.05, 0.1) is 17.8 Å². The smallest absolute Gasteiger partial charge is 0.256 e. The number of rotatable bonds is 6. The van der Waals surface area contributed by atoms with Crippen molar-refractivity contribution in [3.05, 3.63) is 65.1 Å². The monoisotopic (exact) mass is 357 g/mol. The number of aryl methyl sites for hydroxylation is 2. The molecule has 3 heterocycles. The van der Waals surface area contributed by atoms with Crippen molar-refractivity contribution in [1.29, 1.82) is 0 Å². The molecule has 6 nitrogen and oxygen atoms in total.